The number of hydrogen-bond acceptors (Lipinski definition) is 5. The highest BCUT2D eigenvalue weighted by molar-refractivity contribution is 9.10. The molecule has 2 heterocycles. The number of furan rings is 1. The smallest absolute Gasteiger partial charge is 0.349 e. The molecule has 0 atom stereocenters. The van der Waals surface area contributed by atoms with Crippen LogP contribution in [0.2, 0.25) is 5.02 Å². The zero-order chi connectivity index (χ0) is 19.7. The number of hydrogen-bond donors (Lipinski definition) is 1. The van der Waals surface area contributed by atoms with Crippen molar-refractivity contribution in [2.45, 2.75) is 9.99 Å². The Balaban J connectivity index is 1.64. The molecular formula is C19H11BrClN3O3S. The van der Waals surface area contributed by atoms with E-state index in [4.69, 9.17) is 16.0 Å². The Morgan fingerprint density at radius 1 is 1.14 bits per heavy atom. The molecule has 28 heavy (non-hydrogen) atoms. The molecule has 0 aliphatic heterocycles. The third-order valence-corrected chi connectivity index (χ3v) is 5.88. The molecule has 0 unspecified atom stereocenters. The zero-order valence-corrected chi connectivity index (χ0v) is 17.2. The Morgan fingerprint density at radius 2 is 1.89 bits per heavy atom. The third kappa shape index (κ3) is 3.84. The van der Waals surface area contributed by atoms with Crippen LogP contribution < -0.4 is 11.2 Å². The average Bonchev–Trinajstić information content (AvgIpc) is 3.03. The van der Waals surface area contributed by atoms with Gasteiger partial charge in [0.25, 0.3) is 5.56 Å². The number of rotatable bonds is 4. The second-order valence-electron chi connectivity index (χ2n) is 5.68. The van der Waals surface area contributed by atoms with Crippen molar-refractivity contribution in [3.05, 3.63) is 90.7 Å². The van der Waals surface area contributed by atoms with Gasteiger partial charge in [0, 0.05) is 16.0 Å². The lowest BCUT2D eigenvalue weighted by atomic mass is 10.2. The first-order valence-corrected chi connectivity index (χ1v) is 10.0. The van der Waals surface area contributed by atoms with Gasteiger partial charge in [-0.1, -0.05) is 35.5 Å². The number of nitrogens with one attached hydrogen (secondary N) is 1. The predicted octanol–water partition coefficient (Wildman–Crippen LogP) is 4.73. The van der Waals surface area contributed by atoms with Gasteiger partial charge in [0.05, 0.1) is 21.6 Å². The third-order valence-electron chi connectivity index (χ3n) is 3.78. The van der Waals surface area contributed by atoms with Gasteiger partial charge in [0.1, 0.15) is 5.76 Å². The fraction of sp³-hybridized carbons (Fsp3) is 0. The summed E-state index contributed by atoms with van der Waals surface area (Å²) in [6.07, 6.45) is 1.32. The number of fused-ring (bicyclic) bond motifs is 1. The van der Waals surface area contributed by atoms with Crippen molar-refractivity contribution in [2.75, 3.05) is 0 Å². The van der Waals surface area contributed by atoms with Crippen LogP contribution in [0, 0.1) is 0 Å². The van der Waals surface area contributed by atoms with Crippen molar-refractivity contribution in [3.63, 3.8) is 0 Å². The number of aromatic amines is 1. The summed E-state index contributed by atoms with van der Waals surface area (Å²) in [6.45, 7) is 0. The van der Waals surface area contributed by atoms with Gasteiger partial charge in [0.15, 0.2) is 5.09 Å². The van der Waals surface area contributed by atoms with Crippen LogP contribution in [0.15, 0.2) is 88.2 Å². The van der Waals surface area contributed by atoms with Gasteiger partial charge < -0.3 is 9.40 Å². The lowest BCUT2D eigenvalue weighted by Crippen LogP contribution is -2.32. The Bertz CT molecular complexity index is 1310. The molecule has 0 fully saturated rings. The highest BCUT2D eigenvalue weighted by Crippen LogP contribution is 2.35. The summed E-state index contributed by atoms with van der Waals surface area (Å²) >= 11 is 10.7. The summed E-state index contributed by atoms with van der Waals surface area (Å²) in [5, 5.41) is 5.64. The molecule has 0 saturated heterocycles. The van der Waals surface area contributed by atoms with Gasteiger partial charge in [-0.15, -0.1) is 4.68 Å². The van der Waals surface area contributed by atoms with Crippen molar-refractivity contribution in [2.24, 2.45) is 5.10 Å². The molecule has 0 spiro atoms. The molecule has 0 radical (unpaired) electrons. The van der Waals surface area contributed by atoms with Crippen molar-refractivity contribution in [1.29, 1.82) is 0 Å². The highest BCUT2D eigenvalue weighted by atomic mass is 79.9. The maximum absolute atomic E-state index is 12.5. The van der Waals surface area contributed by atoms with E-state index in [1.807, 2.05) is 12.1 Å². The van der Waals surface area contributed by atoms with E-state index in [1.165, 1.54) is 18.0 Å². The summed E-state index contributed by atoms with van der Waals surface area (Å²) < 4.78 is 7.24. The van der Waals surface area contributed by atoms with Crippen molar-refractivity contribution in [1.82, 2.24) is 9.66 Å². The fourth-order valence-corrected chi connectivity index (χ4v) is 3.94. The van der Waals surface area contributed by atoms with E-state index >= 15 is 0 Å². The summed E-state index contributed by atoms with van der Waals surface area (Å²) in [5.41, 5.74) is -0.662. The van der Waals surface area contributed by atoms with Crippen LogP contribution in [-0.4, -0.2) is 15.9 Å². The second kappa shape index (κ2) is 7.83. The molecule has 0 aliphatic rings. The van der Waals surface area contributed by atoms with Gasteiger partial charge >= 0.3 is 5.69 Å². The number of benzene rings is 2. The number of para-hydroxylation sites is 1. The van der Waals surface area contributed by atoms with Gasteiger partial charge in [-0.25, -0.2) is 4.79 Å². The summed E-state index contributed by atoms with van der Waals surface area (Å²) in [4.78, 5) is 28.2. The molecule has 0 saturated carbocycles. The van der Waals surface area contributed by atoms with Crippen LogP contribution >= 0.6 is 39.3 Å². The molecule has 140 valence electrons. The van der Waals surface area contributed by atoms with Crippen molar-refractivity contribution < 1.29 is 4.42 Å². The molecule has 2 aromatic heterocycles. The second-order valence-corrected chi connectivity index (χ2v) is 8.01. The largest absolute Gasteiger partial charge is 0.447 e. The molecule has 2 aromatic carbocycles. The molecular weight excluding hydrogens is 466 g/mol. The number of H-pyrrole nitrogens is 1. The predicted molar refractivity (Wildman–Crippen MR) is 114 cm³/mol. The van der Waals surface area contributed by atoms with Crippen LogP contribution in [0.5, 0.6) is 0 Å². The van der Waals surface area contributed by atoms with E-state index in [9.17, 15) is 9.59 Å². The van der Waals surface area contributed by atoms with E-state index in [-0.39, 0.29) is 0 Å². The first-order chi connectivity index (χ1) is 13.5. The zero-order valence-electron chi connectivity index (χ0n) is 14.1. The van der Waals surface area contributed by atoms with E-state index in [0.717, 1.165) is 14.0 Å². The molecule has 0 amide bonds. The molecule has 0 bridgehead atoms. The van der Waals surface area contributed by atoms with E-state index in [0.29, 0.717) is 26.8 Å². The van der Waals surface area contributed by atoms with Crippen LogP contribution in [0.1, 0.15) is 5.76 Å². The summed E-state index contributed by atoms with van der Waals surface area (Å²) in [5.74, 6) is 0.391. The monoisotopic (exact) mass is 475 g/mol. The maximum atomic E-state index is 12.5. The quantitative estimate of drug-likeness (QED) is 0.432. The SMILES string of the molecule is O=c1[nH]c2ccccc2c(=O)n1N=Cc1cc(Br)c(Sc2ccc(Cl)cc2)o1. The van der Waals surface area contributed by atoms with E-state index in [2.05, 4.69) is 26.0 Å². The molecule has 4 rings (SSSR count). The van der Waals surface area contributed by atoms with E-state index in [1.54, 1.807) is 42.5 Å². The van der Waals surface area contributed by atoms with Gasteiger partial charge in [-0.3, -0.25) is 4.79 Å². The van der Waals surface area contributed by atoms with Crippen molar-refractivity contribution in [3.8, 4) is 0 Å². The molecule has 1 N–H and O–H groups in total. The normalized spacial score (nSPS) is 11.5. The summed E-state index contributed by atoms with van der Waals surface area (Å²) in [7, 11) is 0. The van der Waals surface area contributed by atoms with Crippen LogP contribution in [-0.2, 0) is 0 Å². The number of nitrogens with zero attached hydrogens (tertiary/aromatic N) is 2. The van der Waals surface area contributed by atoms with E-state index < -0.39 is 11.2 Å². The topological polar surface area (TPSA) is 80.4 Å². The van der Waals surface area contributed by atoms with Gasteiger partial charge in [-0.2, -0.15) is 5.10 Å². The van der Waals surface area contributed by atoms with Gasteiger partial charge in [0.2, 0.25) is 0 Å². The van der Waals surface area contributed by atoms with Crippen LogP contribution in [0.25, 0.3) is 10.9 Å². The van der Waals surface area contributed by atoms with Crippen LogP contribution in [0.4, 0.5) is 0 Å². The Labute approximate surface area is 176 Å². The fourth-order valence-electron chi connectivity index (χ4n) is 2.48. The van der Waals surface area contributed by atoms with Crippen LogP contribution in [0.3, 0.4) is 0 Å². The maximum Gasteiger partial charge on any atom is 0.349 e. The number of halogens is 2. The highest BCUT2D eigenvalue weighted by Gasteiger charge is 2.11. The molecule has 4 aromatic rings. The lowest BCUT2D eigenvalue weighted by molar-refractivity contribution is 0.465. The van der Waals surface area contributed by atoms with Crippen molar-refractivity contribution >= 4 is 56.4 Å². The Morgan fingerprint density at radius 3 is 2.68 bits per heavy atom. The molecule has 9 heteroatoms. The first kappa shape index (κ1) is 18.8. The Hall–Kier alpha value is -2.55. The summed E-state index contributed by atoms with van der Waals surface area (Å²) in [6, 6.07) is 15.8. The minimum atomic E-state index is -0.624. The average molecular weight is 477 g/mol. The molecule has 6 nitrogen and oxygen atoms in total. The Kier molecular flexibility index (Phi) is 5.25. The lowest BCUT2D eigenvalue weighted by Gasteiger charge is -2.00. The molecule has 0 aliphatic carbocycles. The number of aromatic nitrogens is 2. The minimum Gasteiger partial charge on any atom is -0.447 e. The minimum absolute atomic E-state index is 0.374. The van der Waals surface area contributed by atoms with Gasteiger partial charge in [-0.05, 0) is 52.3 Å². The standard InChI is InChI=1S/C19H11BrClN3O3S/c20-15-9-12(27-18(15)28-13-7-5-11(21)6-8-13)10-22-24-17(25)14-3-1-2-4-16(14)23-19(24)26/h1-10H,(H,23,26). The first-order valence-electron chi connectivity index (χ1n) is 8.02.